The summed E-state index contributed by atoms with van der Waals surface area (Å²) in [5, 5.41) is 17.6. The summed E-state index contributed by atoms with van der Waals surface area (Å²) < 4.78 is 0. The minimum absolute atomic E-state index is 0.192. The molecule has 0 heterocycles. The van der Waals surface area contributed by atoms with Crippen LogP contribution in [0.5, 0.6) is 0 Å². The summed E-state index contributed by atoms with van der Waals surface area (Å²) in [4.78, 5) is 10.4. The highest BCUT2D eigenvalue weighted by Gasteiger charge is 2.21. The average molecular weight is 188 g/mol. The van der Waals surface area contributed by atoms with Gasteiger partial charge in [0.2, 0.25) is 0 Å². The second-order valence-corrected chi connectivity index (χ2v) is 4.96. The van der Waals surface area contributed by atoms with E-state index in [9.17, 15) is 4.79 Å². The van der Waals surface area contributed by atoms with E-state index in [2.05, 4.69) is 20.8 Å². The highest BCUT2D eigenvalue weighted by atomic mass is 16.4. The van der Waals surface area contributed by atoms with Crippen molar-refractivity contribution in [1.29, 1.82) is 0 Å². The summed E-state index contributed by atoms with van der Waals surface area (Å²) >= 11 is 0. The van der Waals surface area contributed by atoms with E-state index < -0.39 is 12.1 Å². The SMILES string of the molecule is CC(CC(O)C(=O)O)CC(C)(C)C. The Kier molecular flexibility index (Phi) is 4.40. The third-order valence-corrected chi connectivity index (χ3v) is 1.87. The van der Waals surface area contributed by atoms with E-state index >= 15 is 0 Å². The van der Waals surface area contributed by atoms with Gasteiger partial charge in [0.1, 0.15) is 0 Å². The molecule has 0 aromatic carbocycles. The number of hydrogen-bond acceptors (Lipinski definition) is 2. The third-order valence-electron chi connectivity index (χ3n) is 1.87. The van der Waals surface area contributed by atoms with Crippen LogP contribution in [0.4, 0.5) is 0 Å². The van der Waals surface area contributed by atoms with Crippen LogP contribution in [-0.2, 0) is 4.79 Å². The molecule has 0 rings (SSSR count). The first kappa shape index (κ1) is 12.4. The molecule has 0 aromatic rings. The standard InChI is InChI=1S/C10H20O3/c1-7(6-10(2,3)4)5-8(11)9(12)13/h7-8,11H,5-6H2,1-4H3,(H,12,13). The molecule has 0 aliphatic heterocycles. The Balaban J connectivity index is 3.88. The van der Waals surface area contributed by atoms with Crippen molar-refractivity contribution in [2.75, 3.05) is 0 Å². The fourth-order valence-corrected chi connectivity index (χ4v) is 1.61. The largest absolute Gasteiger partial charge is 0.479 e. The van der Waals surface area contributed by atoms with Crippen molar-refractivity contribution in [1.82, 2.24) is 0 Å². The normalized spacial score (nSPS) is 16.7. The third kappa shape index (κ3) is 6.58. The van der Waals surface area contributed by atoms with E-state index in [-0.39, 0.29) is 11.3 Å². The van der Waals surface area contributed by atoms with E-state index in [1.54, 1.807) is 0 Å². The Morgan fingerprint density at radius 1 is 1.38 bits per heavy atom. The van der Waals surface area contributed by atoms with Gasteiger partial charge >= 0.3 is 5.97 Å². The quantitative estimate of drug-likeness (QED) is 0.708. The average Bonchev–Trinajstić information content (AvgIpc) is 1.81. The summed E-state index contributed by atoms with van der Waals surface area (Å²) in [5.74, 6) is -0.883. The molecule has 0 aliphatic carbocycles. The number of rotatable bonds is 4. The number of aliphatic carboxylic acids is 1. The molecule has 0 saturated carbocycles. The smallest absolute Gasteiger partial charge is 0.332 e. The van der Waals surface area contributed by atoms with Gasteiger partial charge in [0, 0.05) is 0 Å². The summed E-state index contributed by atoms with van der Waals surface area (Å²) in [5.41, 5.74) is 0.192. The maximum Gasteiger partial charge on any atom is 0.332 e. The zero-order chi connectivity index (χ0) is 10.6. The molecule has 3 heteroatoms. The van der Waals surface area contributed by atoms with Gasteiger partial charge in [-0.25, -0.2) is 4.79 Å². The summed E-state index contributed by atoms with van der Waals surface area (Å²) in [6.07, 6.45) is 0.0570. The first-order valence-electron chi connectivity index (χ1n) is 4.63. The van der Waals surface area contributed by atoms with Crippen LogP contribution >= 0.6 is 0 Å². The van der Waals surface area contributed by atoms with Crippen molar-refractivity contribution in [3.63, 3.8) is 0 Å². The highest BCUT2D eigenvalue weighted by Crippen LogP contribution is 2.26. The molecule has 0 aliphatic rings. The number of carbonyl (C=O) groups is 1. The van der Waals surface area contributed by atoms with Crippen LogP contribution in [0.3, 0.4) is 0 Å². The second kappa shape index (κ2) is 4.61. The Morgan fingerprint density at radius 2 is 1.85 bits per heavy atom. The molecule has 0 fully saturated rings. The molecule has 0 saturated heterocycles. The number of hydrogen-bond donors (Lipinski definition) is 2. The van der Waals surface area contributed by atoms with E-state index in [4.69, 9.17) is 10.2 Å². The molecule has 0 bridgehead atoms. The molecule has 2 atom stereocenters. The van der Waals surface area contributed by atoms with E-state index in [0.29, 0.717) is 6.42 Å². The second-order valence-electron chi connectivity index (χ2n) is 4.96. The molecule has 2 N–H and O–H groups in total. The van der Waals surface area contributed by atoms with Crippen LogP contribution in [0.15, 0.2) is 0 Å². The van der Waals surface area contributed by atoms with Crippen LogP contribution in [-0.4, -0.2) is 22.3 Å². The molecule has 0 spiro atoms. The molecule has 78 valence electrons. The van der Waals surface area contributed by atoms with Crippen molar-refractivity contribution in [3.8, 4) is 0 Å². The van der Waals surface area contributed by atoms with Gasteiger partial charge in [0.25, 0.3) is 0 Å². The lowest BCUT2D eigenvalue weighted by Crippen LogP contribution is -2.24. The Morgan fingerprint density at radius 3 is 2.15 bits per heavy atom. The topological polar surface area (TPSA) is 57.5 Å². The van der Waals surface area contributed by atoms with E-state index in [1.165, 1.54) is 0 Å². The summed E-state index contributed by atoms with van der Waals surface area (Å²) in [7, 11) is 0. The number of aliphatic hydroxyl groups excluding tert-OH is 1. The van der Waals surface area contributed by atoms with Crippen molar-refractivity contribution < 1.29 is 15.0 Å². The van der Waals surface area contributed by atoms with Crippen LogP contribution in [0, 0.1) is 11.3 Å². The molecule has 0 radical (unpaired) electrons. The molecular formula is C10H20O3. The zero-order valence-electron chi connectivity index (χ0n) is 8.87. The summed E-state index contributed by atoms with van der Waals surface area (Å²) in [6.45, 7) is 8.29. The maximum atomic E-state index is 10.4. The minimum Gasteiger partial charge on any atom is -0.479 e. The Hall–Kier alpha value is -0.570. The van der Waals surface area contributed by atoms with Gasteiger partial charge in [-0.15, -0.1) is 0 Å². The molecule has 0 aromatic heterocycles. The first-order valence-corrected chi connectivity index (χ1v) is 4.63. The lowest BCUT2D eigenvalue weighted by molar-refractivity contribution is -0.147. The van der Waals surface area contributed by atoms with Gasteiger partial charge in [-0.3, -0.25) is 0 Å². The summed E-state index contributed by atoms with van der Waals surface area (Å²) in [6, 6.07) is 0. The molecule has 0 amide bonds. The lowest BCUT2D eigenvalue weighted by Gasteiger charge is -2.23. The number of carboxylic acid groups (broad SMARTS) is 1. The predicted molar refractivity (Wildman–Crippen MR) is 51.5 cm³/mol. The van der Waals surface area contributed by atoms with Crippen LogP contribution in [0.2, 0.25) is 0 Å². The highest BCUT2D eigenvalue weighted by molar-refractivity contribution is 5.71. The van der Waals surface area contributed by atoms with Crippen LogP contribution < -0.4 is 0 Å². The molecule has 13 heavy (non-hydrogen) atoms. The first-order chi connectivity index (χ1) is 5.72. The van der Waals surface area contributed by atoms with Gasteiger partial charge < -0.3 is 10.2 Å². The predicted octanol–water partition coefficient (Wildman–Crippen LogP) is 1.89. The molecular weight excluding hydrogens is 168 g/mol. The van der Waals surface area contributed by atoms with Gasteiger partial charge in [0.05, 0.1) is 0 Å². The van der Waals surface area contributed by atoms with Crippen molar-refractivity contribution in [3.05, 3.63) is 0 Å². The number of carboxylic acids is 1. The molecule has 3 nitrogen and oxygen atoms in total. The van der Waals surface area contributed by atoms with Crippen LogP contribution in [0.1, 0.15) is 40.5 Å². The Labute approximate surface area is 79.8 Å². The number of aliphatic hydroxyl groups is 1. The van der Waals surface area contributed by atoms with Gasteiger partial charge in [-0.1, -0.05) is 27.7 Å². The van der Waals surface area contributed by atoms with Crippen molar-refractivity contribution in [2.24, 2.45) is 11.3 Å². The van der Waals surface area contributed by atoms with Crippen molar-refractivity contribution >= 4 is 5.97 Å². The minimum atomic E-state index is -1.21. The molecule has 2 unspecified atom stereocenters. The maximum absolute atomic E-state index is 10.4. The van der Waals surface area contributed by atoms with Gasteiger partial charge in [-0.2, -0.15) is 0 Å². The Bertz CT molecular complexity index is 169. The monoisotopic (exact) mass is 188 g/mol. The van der Waals surface area contributed by atoms with Crippen molar-refractivity contribution in [2.45, 2.75) is 46.6 Å². The zero-order valence-corrected chi connectivity index (χ0v) is 8.87. The van der Waals surface area contributed by atoms with Gasteiger partial charge in [-0.05, 0) is 24.2 Å². The fraction of sp³-hybridized carbons (Fsp3) is 0.900. The van der Waals surface area contributed by atoms with Gasteiger partial charge in [0.15, 0.2) is 6.10 Å². The van der Waals surface area contributed by atoms with E-state index in [1.807, 2.05) is 6.92 Å². The van der Waals surface area contributed by atoms with Crippen LogP contribution in [0.25, 0.3) is 0 Å². The van der Waals surface area contributed by atoms with E-state index in [0.717, 1.165) is 6.42 Å². The fourth-order valence-electron chi connectivity index (χ4n) is 1.61. The lowest BCUT2D eigenvalue weighted by atomic mass is 9.83.